The van der Waals surface area contributed by atoms with E-state index in [0.29, 0.717) is 6.54 Å². The van der Waals surface area contributed by atoms with Gasteiger partial charge in [0.15, 0.2) is 0 Å². The van der Waals surface area contributed by atoms with Gasteiger partial charge in [-0.05, 0) is 42.6 Å². The van der Waals surface area contributed by atoms with E-state index < -0.39 is 6.10 Å². The summed E-state index contributed by atoms with van der Waals surface area (Å²) in [5.41, 5.74) is 2.24. The van der Waals surface area contributed by atoms with Crippen LogP contribution in [0, 0.1) is 0 Å². The van der Waals surface area contributed by atoms with Gasteiger partial charge < -0.3 is 15.2 Å². The molecule has 1 aromatic carbocycles. The lowest BCUT2D eigenvalue weighted by Crippen LogP contribution is -2.19. The number of hydrogen-bond donors (Lipinski definition) is 2. The quantitative estimate of drug-likeness (QED) is 0.785. The highest BCUT2D eigenvalue weighted by Gasteiger charge is 2.16. The molecule has 3 heteroatoms. The summed E-state index contributed by atoms with van der Waals surface area (Å²) in [6.07, 6.45) is 2.80. The normalized spacial score (nSPS) is 19.5. The Hall–Kier alpha value is -1.06. The number of benzene rings is 1. The smallest absolute Gasteiger partial charge is 0.119 e. The third-order valence-electron chi connectivity index (χ3n) is 3.15. The van der Waals surface area contributed by atoms with Crippen molar-refractivity contribution in [1.29, 1.82) is 0 Å². The van der Waals surface area contributed by atoms with Gasteiger partial charge in [0.1, 0.15) is 5.75 Å². The van der Waals surface area contributed by atoms with Gasteiger partial charge in [-0.3, -0.25) is 0 Å². The summed E-state index contributed by atoms with van der Waals surface area (Å²) in [5.74, 6) is 0.923. The highest BCUT2D eigenvalue weighted by Crippen LogP contribution is 2.25. The van der Waals surface area contributed by atoms with Crippen LogP contribution in [0.25, 0.3) is 0 Å². The first-order valence-electron chi connectivity index (χ1n) is 6.45. The molecule has 0 fully saturated rings. The summed E-state index contributed by atoms with van der Waals surface area (Å²) in [7, 11) is 0. The zero-order chi connectivity index (χ0) is 12.1. The molecule has 0 bridgehead atoms. The Morgan fingerprint density at radius 3 is 3.18 bits per heavy atom. The number of aliphatic hydroxyl groups is 1. The second-order valence-electron chi connectivity index (χ2n) is 4.53. The molecule has 0 saturated heterocycles. The molecule has 3 nitrogen and oxygen atoms in total. The minimum absolute atomic E-state index is 0.391. The number of hydrogen-bond acceptors (Lipinski definition) is 3. The number of nitrogens with one attached hydrogen (secondary N) is 1. The summed E-state index contributed by atoms with van der Waals surface area (Å²) in [6.45, 7) is 4.49. The summed E-state index contributed by atoms with van der Waals surface area (Å²) in [5, 5.41) is 13.2. The second-order valence-corrected chi connectivity index (χ2v) is 4.53. The summed E-state index contributed by atoms with van der Waals surface area (Å²) >= 11 is 0. The highest BCUT2D eigenvalue weighted by molar-refractivity contribution is 5.38. The number of ether oxygens (including phenoxy) is 1. The average Bonchev–Trinajstić information content (AvgIpc) is 2.52. The number of aliphatic hydroxyl groups excluding tert-OH is 1. The number of rotatable bonds is 4. The molecule has 1 aromatic rings. The molecule has 0 radical (unpaired) electrons. The van der Waals surface area contributed by atoms with E-state index in [2.05, 4.69) is 18.3 Å². The fourth-order valence-corrected chi connectivity index (χ4v) is 2.12. The molecule has 0 amide bonds. The molecule has 1 aliphatic rings. The lowest BCUT2D eigenvalue weighted by Gasteiger charge is -2.13. The SMILES string of the molecule is CCCCOc1ccc2c(c1)CCNCC2O. The summed E-state index contributed by atoms with van der Waals surface area (Å²) in [4.78, 5) is 0. The van der Waals surface area contributed by atoms with Gasteiger partial charge in [-0.1, -0.05) is 19.4 Å². The summed E-state index contributed by atoms with van der Waals surface area (Å²) in [6, 6.07) is 6.03. The molecule has 2 rings (SSSR count). The minimum Gasteiger partial charge on any atom is -0.494 e. The van der Waals surface area contributed by atoms with Gasteiger partial charge in [0, 0.05) is 6.54 Å². The van der Waals surface area contributed by atoms with E-state index in [1.54, 1.807) is 0 Å². The zero-order valence-corrected chi connectivity index (χ0v) is 10.4. The maximum Gasteiger partial charge on any atom is 0.119 e. The molecule has 1 heterocycles. The predicted octanol–water partition coefficient (Wildman–Crippen LogP) is 2.04. The molecule has 1 atom stereocenters. The molecule has 17 heavy (non-hydrogen) atoms. The summed E-state index contributed by atoms with van der Waals surface area (Å²) < 4.78 is 5.69. The van der Waals surface area contributed by atoms with Crippen LogP contribution in [0.15, 0.2) is 18.2 Å². The van der Waals surface area contributed by atoms with E-state index in [1.807, 2.05) is 12.1 Å². The van der Waals surface area contributed by atoms with Crippen LogP contribution in [0.5, 0.6) is 5.75 Å². The van der Waals surface area contributed by atoms with Crippen molar-refractivity contribution in [3.05, 3.63) is 29.3 Å². The standard InChI is InChI=1S/C14H21NO2/c1-2-3-8-17-12-4-5-13-11(9-12)6-7-15-10-14(13)16/h4-5,9,14-16H,2-3,6-8,10H2,1H3. The topological polar surface area (TPSA) is 41.5 Å². The average molecular weight is 235 g/mol. The third kappa shape index (κ3) is 3.20. The second kappa shape index (κ2) is 6.03. The fraction of sp³-hybridized carbons (Fsp3) is 0.571. The van der Waals surface area contributed by atoms with Gasteiger partial charge in [-0.2, -0.15) is 0 Å². The van der Waals surface area contributed by atoms with Crippen molar-refractivity contribution >= 4 is 0 Å². The van der Waals surface area contributed by atoms with Gasteiger partial charge in [-0.15, -0.1) is 0 Å². The van der Waals surface area contributed by atoms with Crippen LogP contribution in [0.2, 0.25) is 0 Å². The van der Waals surface area contributed by atoms with E-state index in [9.17, 15) is 5.11 Å². The van der Waals surface area contributed by atoms with Gasteiger partial charge in [0.05, 0.1) is 12.7 Å². The van der Waals surface area contributed by atoms with E-state index >= 15 is 0 Å². The lowest BCUT2D eigenvalue weighted by atomic mass is 10.0. The predicted molar refractivity (Wildman–Crippen MR) is 68.4 cm³/mol. The van der Waals surface area contributed by atoms with Crippen molar-refractivity contribution in [3.63, 3.8) is 0 Å². The van der Waals surface area contributed by atoms with E-state index in [4.69, 9.17) is 4.74 Å². The Morgan fingerprint density at radius 1 is 1.47 bits per heavy atom. The van der Waals surface area contributed by atoms with Crippen LogP contribution < -0.4 is 10.1 Å². The number of β-amino-alcohol motifs (C(OH)–C–C–N with tert-alkyl or cyclic N) is 1. The van der Waals surface area contributed by atoms with Crippen LogP contribution in [-0.2, 0) is 6.42 Å². The monoisotopic (exact) mass is 235 g/mol. The van der Waals surface area contributed by atoms with Crippen LogP contribution in [0.3, 0.4) is 0 Å². The van der Waals surface area contributed by atoms with Crippen LogP contribution >= 0.6 is 0 Å². The first-order valence-corrected chi connectivity index (χ1v) is 6.45. The molecule has 0 aliphatic carbocycles. The third-order valence-corrected chi connectivity index (χ3v) is 3.15. The largest absolute Gasteiger partial charge is 0.494 e. The first-order chi connectivity index (χ1) is 8.31. The lowest BCUT2D eigenvalue weighted by molar-refractivity contribution is 0.178. The molecule has 94 valence electrons. The molecule has 1 aliphatic heterocycles. The van der Waals surface area contributed by atoms with Crippen LogP contribution in [-0.4, -0.2) is 24.8 Å². The molecule has 2 N–H and O–H groups in total. The molecule has 0 aromatic heterocycles. The van der Waals surface area contributed by atoms with E-state index in [0.717, 1.165) is 43.7 Å². The fourth-order valence-electron chi connectivity index (χ4n) is 2.12. The Labute approximate surface area is 103 Å². The van der Waals surface area contributed by atoms with Crippen molar-refractivity contribution in [2.24, 2.45) is 0 Å². The molecular weight excluding hydrogens is 214 g/mol. The minimum atomic E-state index is -0.391. The molecule has 0 spiro atoms. The first kappa shape index (κ1) is 12.4. The number of fused-ring (bicyclic) bond motifs is 1. The zero-order valence-electron chi connectivity index (χ0n) is 10.4. The van der Waals surface area contributed by atoms with E-state index in [-0.39, 0.29) is 0 Å². The van der Waals surface area contributed by atoms with Crippen molar-refractivity contribution in [1.82, 2.24) is 5.32 Å². The van der Waals surface area contributed by atoms with Gasteiger partial charge in [-0.25, -0.2) is 0 Å². The van der Waals surface area contributed by atoms with Gasteiger partial charge in [0.2, 0.25) is 0 Å². The Balaban J connectivity index is 2.09. The van der Waals surface area contributed by atoms with Gasteiger partial charge >= 0.3 is 0 Å². The van der Waals surface area contributed by atoms with Crippen molar-refractivity contribution < 1.29 is 9.84 Å². The van der Waals surface area contributed by atoms with Gasteiger partial charge in [0.25, 0.3) is 0 Å². The highest BCUT2D eigenvalue weighted by atomic mass is 16.5. The maximum atomic E-state index is 9.94. The Bertz CT molecular complexity index is 365. The number of unbranched alkanes of at least 4 members (excludes halogenated alkanes) is 1. The Morgan fingerprint density at radius 2 is 2.35 bits per heavy atom. The van der Waals surface area contributed by atoms with Crippen molar-refractivity contribution in [3.8, 4) is 5.75 Å². The van der Waals surface area contributed by atoms with Crippen LogP contribution in [0.4, 0.5) is 0 Å². The molecule has 0 saturated carbocycles. The maximum absolute atomic E-state index is 9.94. The van der Waals surface area contributed by atoms with E-state index in [1.165, 1.54) is 5.56 Å². The van der Waals surface area contributed by atoms with Crippen molar-refractivity contribution in [2.75, 3.05) is 19.7 Å². The molecular formula is C14H21NO2. The molecule has 1 unspecified atom stereocenters. The Kier molecular flexibility index (Phi) is 4.40. The van der Waals surface area contributed by atoms with Crippen LogP contribution in [0.1, 0.15) is 37.0 Å². The van der Waals surface area contributed by atoms with Crippen molar-refractivity contribution in [2.45, 2.75) is 32.3 Å².